The molecule has 0 unspecified atom stereocenters. The van der Waals surface area contributed by atoms with Crippen molar-refractivity contribution in [3.8, 4) is 11.4 Å². The fraction of sp³-hybridized carbons (Fsp3) is 0.571. The molecule has 0 radical (unpaired) electrons. The maximum Gasteiger partial charge on any atom is 0.241 e. The van der Waals surface area contributed by atoms with Gasteiger partial charge in [-0.2, -0.15) is 16.3 Å². The third-order valence-corrected chi connectivity index (χ3v) is 4.49. The number of likely N-dealkylation sites (tertiary alicyclic amines) is 1. The number of hydrogen-bond acceptors (Lipinski definition) is 6. The summed E-state index contributed by atoms with van der Waals surface area (Å²) < 4.78 is 5.36. The molecular formula is C14H21ClN4OS. The standard InChI is InChI=1S/C14H20N4OS.ClH/c1-15-8-11-2-5-18(6-3-11)9-13-16-14(17-19-13)12-4-7-20-10-12;/h4,7,10-11,15H,2-3,5-6,8-9H2,1H3;1H. The highest BCUT2D eigenvalue weighted by molar-refractivity contribution is 7.08. The van der Waals surface area contributed by atoms with E-state index in [9.17, 15) is 0 Å². The van der Waals surface area contributed by atoms with Crippen molar-refractivity contribution < 1.29 is 4.52 Å². The molecule has 1 saturated heterocycles. The van der Waals surface area contributed by atoms with Gasteiger partial charge < -0.3 is 9.84 Å². The first kappa shape index (κ1) is 16.4. The van der Waals surface area contributed by atoms with Gasteiger partial charge >= 0.3 is 0 Å². The van der Waals surface area contributed by atoms with Crippen molar-refractivity contribution in [1.82, 2.24) is 20.4 Å². The van der Waals surface area contributed by atoms with E-state index in [0.29, 0.717) is 5.82 Å². The average molecular weight is 329 g/mol. The normalized spacial score (nSPS) is 16.8. The van der Waals surface area contributed by atoms with Crippen LogP contribution in [0.25, 0.3) is 11.4 Å². The molecule has 2 aromatic heterocycles. The third-order valence-electron chi connectivity index (χ3n) is 3.81. The van der Waals surface area contributed by atoms with Crippen LogP contribution in [0.5, 0.6) is 0 Å². The molecule has 21 heavy (non-hydrogen) atoms. The predicted octanol–water partition coefficient (Wildman–Crippen LogP) is 2.65. The first-order valence-corrected chi connectivity index (χ1v) is 8.01. The lowest BCUT2D eigenvalue weighted by Gasteiger charge is -2.30. The molecule has 0 aromatic carbocycles. The Hall–Kier alpha value is -0.950. The molecule has 1 N–H and O–H groups in total. The number of hydrogen-bond donors (Lipinski definition) is 1. The summed E-state index contributed by atoms with van der Waals surface area (Å²) in [5.74, 6) is 2.23. The van der Waals surface area contributed by atoms with E-state index in [0.717, 1.165) is 43.6 Å². The molecule has 0 atom stereocenters. The number of aromatic nitrogens is 2. The van der Waals surface area contributed by atoms with Crippen LogP contribution in [-0.4, -0.2) is 41.7 Å². The summed E-state index contributed by atoms with van der Waals surface area (Å²) in [4.78, 5) is 6.88. The summed E-state index contributed by atoms with van der Waals surface area (Å²) in [6.07, 6.45) is 2.48. The van der Waals surface area contributed by atoms with Crippen molar-refractivity contribution in [2.75, 3.05) is 26.7 Å². The van der Waals surface area contributed by atoms with Crippen LogP contribution in [-0.2, 0) is 6.54 Å². The summed E-state index contributed by atoms with van der Waals surface area (Å²) in [6.45, 7) is 4.12. The maximum absolute atomic E-state index is 5.36. The minimum Gasteiger partial charge on any atom is -0.338 e. The quantitative estimate of drug-likeness (QED) is 0.914. The summed E-state index contributed by atoms with van der Waals surface area (Å²) in [6, 6.07) is 2.02. The molecule has 116 valence electrons. The number of piperidine rings is 1. The fourth-order valence-electron chi connectivity index (χ4n) is 2.66. The highest BCUT2D eigenvalue weighted by Crippen LogP contribution is 2.21. The minimum atomic E-state index is 0. The van der Waals surface area contributed by atoms with Crippen LogP contribution in [0.1, 0.15) is 18.7 Å². The van der Waals surface area contributed by atoms with Crippen LogP contribution < -0.4 is 5.32 Å². The topological polar surface area (TPSA) is 54.2 Å². The van der Waals surface area contributed by atoms with Crippen molar-refractivity contribution in [2.24, 2.45) is 5.92 Å². The van der Waals surface area contributed by atoms with Crippen molar-refractivity contribution in [1.29, 1.82) is 0 Å². The Kier molecular flexibility index (Phi) is 6.17. The van der Waals surface area contributed by atoms with E-state index in [-0.39, 0.29) is 12.4 Å². The van der Waals surface area contributed by atoms with E-state index >= 15 is 0 Å². The first-order valence-electron chi connectivity index (χ1n) is 7.07. The van der Waals surface area contributed by atoms with Gasteiger partial charge in [0.2, 0.25) is 11.7 Å². The van der Waals surface area contributed by atoms with Crippen LogP contribution >= 0.6 is 23.7 Å². The Balaban J connectivity index is 0.00000161. The number of nitrogens with one attached hydrogen (secondary N) is 1. The Morgan fingerprint density at radius 2 is 2.24 bits per heavy atom. The van der Waals surface area contributed by atoms with Gasteiger partial charge in [0.1, 0.15) is 0 Å². The second kappa shape index (κ2) is 7.89. The Bertz CT molecular complexity index is 523. The van der Waals surface area contributed by atoms with E-state index in [1.807, 2.05) is 23.9 Å². The van der Waals surface area contributed by atoms with E-state index < -0.39 is 0 Å². The molecular weight excluding hydrogens is 308 g/mol. The second-order valence-electron chi connectivity index (χ2n) is 5.30. The molecule has 0 spiro atoms. The summed E-state index contributed by atoms with van der Waals surface area (Å²) in [7, 11) is 2.02. The van der Waals surface area contributed by atoms with Gasteiger partial charge in [0, 0.05) is 10.9 Å². The van der Waals surface area contributed by atoms with Crippen LogP contribution in [0, 0.1) is 5.92 Å². The van der Waals surface area contributed by atoms with Gasteiger partial charge in [-0.15, -0.1) is 12.4 Å². The van der Waals surface area contributed by atoms with E-state index in [1.165, 1.54) is 12.8 Å². The van der Waals surface area contributed by atoms with Crippen LogP contribution in [0.2, 0.25) is 0 Å². The van der Waals surface area contributed by atoms with Gasteiger partial charge in [-0.1, -0.05) is 5.16 Å². The van der Waals surface area contributed by atoms with Crippen molar-refractivity contribution in [3.63, 3.8) is 0 Å². The molecule has 0 saturated carbocycles. The molecule has 2 aromatic rings. The lowest BCUT2D eigenvalue weighted by atomic mass is 9.97. The molecule has 5 nitrogen and oxygen atoms in total. The average Bonchev–Trinajstić information content (AvgIpc) is 3.12. The van der Waals surface area contributed by atoms with Gasteiger partial charge in [-0.25, -0.2) is 0 Å². The highest BCUT2D eigenvalue weighted by atomic mass is 35.5. The molecule has 1 aliphatic rings. The molecule has 1 aliphatic heterocycles. The summed E-state index contributed by atoms with van der Waals surface area (Å²) >= 11 is 1.65. The Labute approximate surface area is 135 Å². The number of thiophene rings is 1. The first-order chi connectivity index (χ1) is 9.85. The third kappa shape index (κ3) is 4.26. The van der Waals surface area contributed by atoms with E-state index in [2.05, 4.69) is 20.4 Å². The minimum absolute atomic E-state index is 0. The number of halogens is 1. The zero-order chi connectivity index (χ0) is 13.8. The van der Waals surface area contributed by atoms with Crippen molar-refractivity contribution in [3.05, 3.63) is 22.7 Å². The Morgan fingerprint density at radius 3 is 2.90 bits per heavy atom. The van der Waals surface area contributed by atoms with Crippen molar-refractivity contribution >= 4 is 23.7 Å². The largest absolute Gasteiger partial charge is 0.338 e. The monoisotopic (exact) mass is 328 g/mol. The zero-order valence-electron chi connectivity index (χ0n) is 12.1. The van der Waals surface area contributed by atoms with Crippen molar-refractivity contribution in [2.45, 2.75) is 19.4 Å². The molecule has 7 heteroatoms. The van der Waals surface area contributed by atoms with Crippen LogP contribution in [0.3, 0.4) is 0 Å². The molecule has 3 heterocycles. The smallest absolute Gasteiger partial charge is 0.241 e. The van der Waals surface area contributed by atoms with Crippen LogP contribution in [0.4, 0.5) is 0 Å². The predicted molar refractivity (Wildman–Crippen MR) is 86.8 cm³/mol. The lowest BCUT2D eigenvalue weighted by Crippen LogP contribution is -2.36. The number of rotatable bonds is 5. The lowest BCUT2D eigenvalue weighted by molar-refractivity contribution is 0.159. The van der Waals surface area contributed by atoms with Gasteiger partial charge in [0.15, 0.2) is 0 Å². The second-order valence-corrected chi connectivity index (χ2v) is 6.08. The maximum atomic E-state index is 5.36. The Morgan fingerprint density at radius 1 is 1.43 bits per heavy atom. The molecule has 0 amide bonds. The SMILES string of the molecule is CNCC1CCN(Cc2nc(-c3ccsc3)no2)CC1.Cl. The van der Waals surface area contributed by atoms with E-state index in [4.69, 9.17) is 4.52 Å². The summed E-state index contributed by atoms with van der Waals surface area (Å²) in [5, 5.41) is 11.4. The zero-order valence-corrected chi connectivity index (χ0v) is 13.8. The van der Waals surface area contributed by atoms with Gasteiger partial charge in [-0.3, -0.25) is 4.90 Å². The molecule has 3 rings (SSSR count). The number of nitrogens with zero attached hydrogens (tertiary/aromatic N) is 3. The van der Waals surface area contributed by atoms with Gasteiger partial charge in [0.25, 0.3) is 0 Å². The highest BCUT2D eigenvalue weighted by Gasteiger charge is 2.20. The molecule has 0 aliphatic carbocycles. The van der Waals surface area contributed by atoms with Crippen LogP contribution in [0.15, 0.2) is 21.3 Å². The molecule has 0 bridgehead atoms. The summed E-state index contributed by atoms with van der Waals surface area (Å²) in [5.41, 5.74) is 1.04. The van der Waals surface area contributed by atoms with E-state index in [1.54, 1.807) is 11.3 Å². The van der Waals surface area contributed by atoms with Gasteiger partial charge in [-0.05, 0) is 56.9 Å². The molecule has 1 fully saturated rings. The fourth-order valence-corrected chi connectivity index (χ4v) is 3.29. The van der Waals surface area contributed by atoms with Gasteiger partial charge in [0.05, 0.1) is 6.54 Å².